The average Bonchev–Trinajstić information content (AvgIpc) is 2.28. The topological polar surface area (TPSA) is 6.25 Å². The van der Waals surface area contributed by atoms with Gasteiger partial charge in [0.1, 0.15) is 0 Å². The molecule has 0 atom stereocenters. The lowest BCUT2D eigenvalue weighted by atomic mass is 10.2. The van der Waals surface area contributed by atoms with Gasteiger partial charge in [0.25, 0.3) is 0 Å². The number of hydrogen-bond acceptors (Lipinski definition) is 0. The first kappa shape index (κ1) is 13.1. The number of halogens is 2. The first-order chi connectivity index (χ1) is 7.52. The van der Waals surface area contributed by atoms with Gasteiger partial charge in [0.15, 0.2) is 5.16 Å². The Bertz CT molecular complexity index is 406. The molecular formula is C12H15Cl2N2+. The second-order valence-electron chi connectivity index (χ2n) is 3.60. The van der Waals surface area contributed by atoms with Crippen molar-refractivity contribution in [2.24, 2.45) is 0 Å². The normalized spacial score (nSPS) is 11.2. The summed E-state index contributed by atoms with van der Waals surface area (Å²) < 4.78 is 1.79. The summed E-state index contributed by atoms with van der Waals surface area (Å²) in [7, 11) is 5.56. The van der Waals surface area contributed by atoms with Crippen LogP contribution in [0.2, 0.25) is 0 Å². The highest BCUT2D eigenvalue weighted by Gasteiger charge is 2.16. The lowest BCUT2D eigenvalue weighted by molar-refractivity contribution is -0.466. The first-order valence-electron chi connectivity index (χ1n) is 4.88. The molecule has 0 radical (unpaired) electrons. The van der Waals surface area contributed by atoms with E-state index in [1.54, 1.807) is 9.48 Å². The van der Waals surface area contributed by atoms with E-state index in [0.29, 0.717) is 10.5 Å². The van der Waals surface area contributed by atoms with Crippen LogP contribution in [-0.2, 0) is 0 Å². The van der Waals surface area contributed by atoms with Crippen molar-refractivity contribution in [2.75, 3.05) is 21.1 Å². The van der Waals surface area contributed by atoms with E-state index >= 15 is 0 Å². The number of amidine groups is 1. The minimum absolute atomic E-state index is 0.567. The molecule has 0 fully saturated rings. The molecule has 0 aliphatic carbocycles. The van der Waals surface area contributed by atoms with E-state index in [2.05, 4.69) is 0 Å². The standard InChI is InChI=1S/C12H15Cl2N2/c1-15(2)12(14)16(3)11(13)9-10-7-5-4-6-8-10/h4-9H,1-3H3/q+1/b11-9+. The smallest absolute Gasteiger partial charge is 0.256 e. The molecule has 4 heteroatoms. The van der Waals surface area contributed by atoms with Crippen molar-refractivity contribution in [1.29, 1.82) is 0 Å². The highest BCUT2D eigenvalue weighted by Crippen LogP contribution is 2.14. The molecule has 0 saturated heterocycles. The van der Waals surface area contributed by atoms with Gasteiger partial charge in [-0.1, -0.05) is 30.3 Å². The van der Waals surface area contributed by atoms with E-state index in [0.717, 1.165) is 5.56 Å². The lowest BCUT2D eigenvalue weighted by Crippen LogP contribution is -2.26. The molecule has 0 aliphatic rings. The van der Waals surface area contributed by atoms with Crippen LogP contribution in [0.4, 0.5) is 0 Å². The van der Waals surface area contributed by atoms with Gasteiger partial charge in [-0.25, -0.2) is 4.90 Å². The second-order valence-corrected chi connectivity index (χ2v) is 4.33. The van der Waals surface area contributed by atoms with Crippen LogP contribution in [0.1, 0.15) is 5.56 Å². The van der Waals surface area contributed by atoms with Gasteiger partial charge in [-0.15, -0.1) is 0 Å². The van der Waals surface area contributed by atoms with Crippen LogP contribution in [0.5, 0.6) is 0 Å². The summed E-state index contributed by atoms with van der Waals surface area (Å²) in [4.78, 5) is 1.72. The average molecular weight is 258 g/mol. The maximum atomic E-state index is 6.16. The summed E-state index contributed by atoms with van der Waals surface area (Å²) in [5.41, 5.74) is 1.04. The summed E-state index contributed by atoms with van der Waals surface area (Å²) in [5.74, 6) is 0. The molecule has 0 spiro atoms. The Balaban J connectivity index is 2.91. The minimum atomic E-state index is 0.567. The number of hydrogen-bond donors (Lipinski definition) is 0. The molecule has 0 heterocycles. The second kappa shape index (κ2) is 5.92. The molecule has 2 nitrogen and oxygen atoms in total. The molecule has 0 unspecified atom stereocenters. The van der Waals surface area contributed by atoms with Gasteiger partial charge in [-0.2, -0.15) is 0 Å². The molecule has 0 aromatic heterocycles. The Morgan fingerprint density at radius 1 is 1.19 bits per heavy atom. The van der Waals surface area contributed by atoms with Gasteiger partial charge in [0, 0.05) is 17.7 Å². The van der Waals surface area contributed by atoms with Crippen LogP contribution in [0.3, 0.4) is 0 Å². The van der Waals surface area contributed by atoms with Crippen LogP contribution in [0, 0.1) is 0 Å². The third kappa shape index (κ3) is 3.54. The summed E-state index contributed by atoms with van der Waals surface area (Å²) in [5, 5.41) is 1.14. The van der Waals surface area contributed by atoms with Crippen molar-refractivity contribution in [3.05, 3.63) is 41.1 Å². The fraction of sp³-hybridized carbons (Fsp3) is 0.250. The van der Waals surface area contributed by atoms with E-state index in [1.165, 1.54) is 0 Å². The van der Waals surface area contributed by atoms with Gasteiger partial charge in [0.05, 0.1) is 21.1 Å². The van der Waals surface area contributed by atoms with E-state index in [4.69, 9.17) is 23.2 Å². The van der Waals surface area contributed by atoms with Gasteiger partial charge in [-0.3, -0.25) is 4.58 Å². The lowest BCUT2D eigenvalue weighted by Gasteiger charge is -2.09. The van der Waals surface area contributed by atoms with Crippen molar-refractivity contribution < 1.29 is 4.58 Å². The zero-order valence-corrected chi connectivity index (χ0v) is 11.1. The monoisotopic (exact) mass is 257 g/mol. The van der Waals surface area contributed by atoms with E-state index < -0.39 is 0 Å². The SMILES string of the molecule is CN(C(Cl)=[N+](C)C)/C(Cl)=C/c1ccccc1. The zero-order valence-electron chi connectivity index (χ0n) is 9.61. The van der Waals surface area contributed by atoms with Crippen molar-refractivity contribution in [3.63, 3.8) is 0 Å². The third-order valence-electron chi connectivity index (χ3n) is 2.05. The highest BCUT2D eigenvalue weighted by molar-refractivity contribution is 6.63. The number of rotatable bonds is 2. The molecule has 1 aromatic carbocycles. The summed E-state index contributed by atoms with van der Waals surface area (Å²) in [6.45, 7) is 0. The van der Waals surface area contributed by atoms with Crippen molar-refractivity contribution >= 4 is 34.6 Å². The van der Waals surface area contributed by atoms with Gasteiger partial charge in [0.2, 0.25) is 0 Å². The van der Waals surface area contributed by atoms with Crippen molar-refractivity contribution in [1.82, 2.24) is 4.90 Å². The predicted octanol–water partition coefficient (Wildman–Crippen LogP) is 3.02. The molecule has 0 aliphatic heterocycles. The molecule has 16 heavy (non-hydrogen) atoms. The largest absolute Gasteiger partial charge is 0.350 e. The first-order valence-corrected chi connectivity index (χ1v) is 5.63. The molecule has 0 amide bonds. The molecule has 1 rings (SSSR count). The Morgan fingerprint density at radius 2 is 1.75 bits per heavy atom. The van der Waals surface area contributed by atoms with Gasteiger partial charge in [-0.05, 0) is 17.2 Å². The van der Waals surface area contributed by atoms with Crippen LogP contribution in [0.15, 0.2) is 35.5 Å². The Kier molecular flexibility index (Phi) is 4.84. The van der Waals surface area contributed by atoms with E-state index in [-0.39, 0.29) is 0 Å². The van der Waals surface area contributed by atoms with Crippen LogP contribution in [-0.4, -0.2) is 35.9 Å². The number of benzene rings is 1. The van der Waals surface area contributed by atoms with Crippen molar-refractivity contribution in [3.8, 4) is 0 Å². The predicted molar refractivity (Wildman–Crippen MR) is 71.0 cm³/mol. The minimum Gasteiger partial charge on any atom is -0.256 e. The summed E-state index contributed by atoms with van der Waals surface area (Å²) in [6, 6.07) is 9.87. The maximum absolute atomic E-state index is 6.16. The third-order valence-corrected chi connectivity index (χ3v) is 3.01. The van der Waals surface area contributed by atoms with E-state index in [1.807, 2.05) is 57.6 Å². The number of nitrogens with zero attached hydrogens (tertiary/aromatic N) is 2. The molecule has 0 N–H and O–H groups in total. The molecule has 1 aromatic rings. The Labute approximate surface area is 106 Å². The summed E-state index contributed by atoms with van der Waals surface area (Å²) in [6.07, 6.45) is 1.87. The zero-order chi connectivity index (χ0) is 12.1. The van der Waals surface area contributed by atoms with Crippen molar-refractivity contribution in [2.45, 2.75) is 0 Å². The van der Waals surface area contributed by atoms with Crippen LogP contribution < -0.4 is 0 Å². The van der Waals surface area contributed by atoms with Gasteiger partial charge >= 0.3 is 5.29 Å². The maximum Gasteiger partial charge on any atom is 0.350 e. The molecule has 86 valence electrons. The highest BCUT2D eigenvalue weighted by atomic mass is 35.5. The Morgan fingerprint density at radius 3 is 2.25 bits per heavy atom. The molecular weight excluding hydrogens is 243 g/mol. The van der Waals surface area contributed by atoms with Crippen LogP contribution >= 0.6 is 23.2 Å². The van der Waals surface area contributed by atoms with Crippen LogP contribution in [0.25, 0.3) is 6.08 Å². The fourth-order valence-corrected chi connectivity index (χ4v) is 1.51. The van der Waals surface area contributed by atoms with Gasteiger partial charge < -0.3 is 0 Å². The molecule has 0 bridgehead atoms. The fourth-order valence-electron chi connectivity index (χ4n) is 1.17. The Hall–Kier alpha value is -0.990. The molecule has 0 saturated carbocycles. The quantitative estimate of drug-likeness (QED) is 0.342. The summed E-state index contributed by atoms with van der Waals surface area (Å²) >= 11 is 12.2. The van der Waals surface area contributed by atoms with E-state index in [9.17, 15) is 0 Å².